The van der Waals surface area contributed by atoms with Gasteiger partial charge in [0.2, 0.25) is 0 Å². The topological polar surface area (TPSA) is 15.3 Å². The molecule has 2 nitrogen and oxygen atoms in total. The highest BCUT2D eigenvalue weighted by molar-refractivity contribution is 4.90. The number of rotatable bonds is 4. The van der Waals surface area contributed by atoms with Gasteiger partial charge < -0.3 is 5.32 Å². The van der Waals surface area contributed by atoms with Crippen LogP contribution in [0.1, 0.15) is 19.8 Å². The fourth-order valence-corrected chi connectivity index (χ4v) is 1.94. The minimum absolute atomic E-state index is 0.807. The lowest BCUT2D eigenvalue weighted by atomic mass is 9.98. The zero-order chi connectivity index (χ0) is 9.52. The first-order valence-corrected chi connectivity index (χ1v) is 5.23. The van der Waals surface area contributed by atoms with Gasteiger partial charge in [-0.05, 0) is 38.4 Å². The van der Waals surface area contributed by atoms with Gasteiger partial charge in [-0.1, -0.05) is 12.8 Å². The fraction of sp³-hybridized carbons (Fsp3) is 0.818. The molecule has 0 aromatic heterocycles. The maximum absolute atomic E-state index is 5.30. The van der Waals surface area contributed by atoms with E-state index in [-0.39, 0.29) is 0 Å². The molecule has 1 heterocycles. The van der Waals surface area contributed by atoms with E-state index in [1.165, 1.54) is 25.9 Å². The van der Waals surface area contributed by atoms with Crippen molar-refractivity contribution in [2.24, 2.45) is 5.92 Å². The van der Waals surface area contributed by atoms with Crippen LogP contribution in [0.3, 0.4) is 0 Å². The van der Waals surface area contributed by atoms with Gasteiger partial charge in [0.25, 0.3) is 0 Å². The first-order valence-electron chi connectivity index (χ1n) is 5.23. The van der Waals surface area contributed by atoms with Crippen LogP contribution in [0.2, 0.25) is 0 Å². The maximum atomic E-state index is 5.30. The van der Waals surface area contributed by atoms with Crippen LogP contribution in [0.25, 0.3) is 0 Å². The molecule has 1 rings (SSSR count). The fourth-order valence-electron chi connectivity index (χ4n) is 1.94. The van der Waals surface area contributed by atoms with Crippen molar-refractivity contribution in [3.63, 3.8) is 0 Å². The van der Waals surface area contributed by atoms with E-state index in [0.29, 0.717) is 0 Å². The van der Waals surface area contributed by atoms with Crippen molar-refractivity contribution < 1.29 is 0 Å². The minimum atomic E-state index is 0.807. The Hall–Kier alpha value is -0.520. The number of hydrogen-bond acceptors (Lipinski definition) is 2. The number of piperidine rings is 1. The highest BCUT2D eigenvalue weighted by atomic mass is 15.1. The Morgan fingerprint density at radius 1 is 1.62 bits per heavy atom. The van der Waals surface area contributed by atoms with Gasteiger partial charge in [-0.15, -0.1) is 6.42 Å². The molecule has 1 aliphatic rings. The van der Waals surface area contributed by atoms with Crippen LogP contribution < -0.4 is 5.32 Å². The minimum Gasteiger partial charge on any atom is -0.317 e. The summed E-state index contributed by atoms with van der Waals surface area (Å²) in [5, 5.41) is 3.40. The van der Waals surface area contributed by atoms with Crippen LogP contribution in [-0.4, -0.2) is 37.6 Å². The Morgan fingerprint density at radius 2 is 2.46 bits per heavy atom. The largest absolute Gasteiger partial charge is 0.317 e. The zero-order valence-corrected chi connectivity index (χ0v) is 8.55. The number of terminal acetylenes is 1. The van der Waals surface area contributed by atoms with Crippen molar-refractivity contribution in [1.82, 2.24) is 10.2 Å². The third kappa shape index (κ3) is 3.80. The van der Waals surface area contributed by atoms with E-state index in [9.17, 15) is 0 Å². The number of nitrogens with zero attached hydrogens (tertiary/aromatic N) is 1. The first kappa shape index (κ1) is 10.6. The summed E-state index contributed by atoms with van der Waals surface area (Å²) in [6, 6.07) is 0. The van der Waals surface area contributed by atoms with Gasteiger partial charge in [0.1, 0.15) is 0 Å². The molecule has 0 amide bonds. The molecule has 0 aromatic carbocycles. The molecule has 0 radical (unpaired) electrons. The van der Waals surface area contributed by atoms with Crippen molar-refractivity contribution in [2.75, 3.05) is 32.7 Å². The maximum Gasteiger partial charge on any atom is 0.0599 e. The molecule has 1 aliphatic heterocycles. The van der Waals surface area contributed by atoms with Gasteiger partial charge in [0.15, 0.2) is 0 Å². The molecule has 1 N–H and O–H groups in total. The average molecular weight is 180 g/mol. The summed E-state index contributed by atoms with van der Waals surface area (Å²) in [6.07, 6.45) is 7.96. The van der Waals surface area contributed by atoms with Crippen LogP contribution in [0.5, 0.6) is 0 Å². The lowest BCUT2D eigenvalue weighted by Crippen LogP contribution is -2.39. The van der Waals surface area contributed by atoms with Crippen molar-refractivity contribution in [1.29, 1.82) is 0 Å². The Kier molecular flexibility index (Phi) is 4.88. The third-order valence-electron chi connectivity index (χ3n) is 2.60. The van der Waals surface area contributed by atoms with E-state index < -0.39 is 0 Å². The van der Waals surface area contributed by atoms with Crippen molar-refractivity contribution in [2.45, 2.75) is 19.8 Å². The Bertz CT molecular complexity index is 171. The zero-order valence-electron chi connectivity index (χ0n) is 8.55. The molecule has 0 saturated carbocycles. The summed E-state index contributed by atoms with van der Waals surface area (Å²) < 4.78 is 0. The van der Waals surface area contributed by atoms with Gasteiger partial charge in [0, 0.05) is 6.54 Å². The molecule has 0 aliphatic carbocycles. The predicted molar refractivity (Wildman–Crippen MR) is 56.5 cm³/mol. The SMILES string of the molecule is C#CCN1CCCC(CNCC)C1. The van der Waals surface area contributed by atoms with Crippen LogP contribution in [0, 0.1) is 18.3 Å². The summed E-state index contributed by atoms with van der Waals surface area (Å²) in [7, 11) is 0. The summed E-state index contributed by atoms with van der Waals surface area (Å²) in [5.74, 6) is 3.53. The summed E-state index contributed by atoms with van der Waals surface area (Å²) in [4.78, 5) is 2.38. The molecule has 0 spiro atoms. The second kappa shape index (κ2) is 6.01. The molecular formula is C11H20N2. The van der Waals surface area contributed by atoms with E-state index >= 15 is 0 Å². The first-order chi connectivity index (χ1) is 6.36. The molecule has 74 valence electrons. The van der Waals surface area contributed by atoms with Crippen LogP contribution in [-0.2, 0) is 0 Å². The Morgan fingerprint density at radius 3 is 3.15 bits per heavy atom. The Labute approximate surface area is 81.7 Å². The normalized spacial score (nSPS) is 24.2. The molecule has 13 heavy (non-hydrogen) atoms. The summed E-state index contributed by atoms with van der Waals surface area (Å²) in [6.45, 7) is 7.57. The van der Waals surface area contributed by atoms with Crippen molar-refractivity contribution in [3.05, 3.63) is 0 Å². The van der Waals surface area contributed by atoms with E-state index in [2.05, 4.69) is 23.1 Å². The summed E-state index contributed by atoms with van der Waals surface area (Å²) >= 11 is 0. The van der Waals surface area contributed by atoms with Gasteiger partial charge >= 0.3 is 0 Å². The monoisotopic (exact) mass is 180 g/mol. The molecule has 0 aromatic rings. The number of hydrogen-bond donors (Lipinski definition) is 1. The number of likely N-dealkylation sites (tertiary alicyclic amines) is 1. The molecule has 2 heteroatoms. The highest BCUT2D eigenvalue weighted by Gasteiger charge is 2.18. The van der Waals surface area contributed by atoms with E-state index in [1.807, 2.05) is 0 Å². The smallest absolute Gasteiger partial charge is 0.0599 e. The third-order valence-corrected chi connectivity index (χ3v) is 2.60. The lowest BCUT2D eigenvalue weighted by Gasteiger charge is -2.31. The van der Waals surface area contributed by atoms with E-state index in [0.717, 1.165) is 25.6 Å². The molecule has 1 saturated heterocycles. The van der Waals surface area contributed by atoms with Crippen molar-refractivity contribution in [3.8, 4) is 12.3 Å². The average Bonchev–Trinajstić information content (AvgIpc) is 2.16. The van der Waals surface area contributed by atoms with Gasteiger partial charge in [-0.25, -0.2) is 0 Å². The molecular weight excluding hydrogens is 160 g/mol. The summed E-state index contributed by atoms with van der Waals surface area (Å²) in [5.41, 5.74) is 0. The predicted octanol–water partition coefficient (Wildman–Crippen LogP) is 0.941. The molecule has 1 fully saturated rings. The van der Waals surface area contributed by atoms with Crippen LogP contribution in [0.4, 0.5) is 0 Å². The van der Waals surface area contributed by atoms with Crippen LogP contribution >= 0.6 is 0 Å². The van der Waals surface area contributed by atoms with Gasteiger partial charge in [-0.3, -0.25) is 4.90 Å². The van der Waals surface area contributed by atoms with E-state index in [1.54, 1.807) is 0 Å². The molecule has 0 bridgehead atoms. The van der Waals surface area contributed by atoms with Crippen molar-refractivity contribution >= 4 is 0 Å². The second-order valence-electron chi connectivity index (χ2n) is 3.76. The second-order valence-corrected chi connectivity index (χ2v) is 3.76. The molecule has 1 atom stereocenters. The Balaban J connectivity index is 2.21. The lowest BCUT2D eigenvalue weighted by molar-refractivity contribution is 0.191. The number of nitrogens with one attached hydrogen (secondary N) is 1. The van der Waals surface area contributed by atoms with Gasteiger partial charge in [-0.2, -0.15) is 0 Å². The van der Waals surface area contributed by atoms with Gasteiger partial charge in [0.05, 0.1) is 6.54 Å². The van der Waals surface area contributed by atoms with E-state index in [4.69, 9.17) is 6.42 Å². The quantitative estimate of drug-likeness (QED) is 0.648. The van der Waals surface area contributed by atoms with Crippen LogP contribution in [0.15, 0.2) is 0 Å². The highest BCUT2D eigenvalue weighted by Crippen LogP contribution is 2.14. The standard InChI is InChI=1S/C11H20N2/c1-3-7-13-8-5-6-11(10-13)9-12-4-2/h1,11-12H,4-10H2,2H3. The molecule has 1 unspecified atom stereocenters.